The van der Waals surface area contributed by atoms with Gasteiger partial charge in [-0.3, -0.25) is 4.68 Å². The first-order valence-electron chi connectivity index (χ1n) is 11.4. The number of rotatable bonds is 6. The van der Waals surface area contributed by atoms with Crippen LogP contribution in [0.5, 0.6) is 5.75 Å². The molecule has 0 fully saturated rings. The second kappa shape index (κ2) is 10.5. The van der Waals surface area contributed by atoms with E-state index in [1.165, 1.54) is 41.1 Å². The SMILES string of the molecule is Fc1cc(Cl)ccc1Cn1nc2c(C(F)(F)F)cccc2c1-c1cccc(OCc2c(F)ccc(F)c2Cl)c1. The van der Waals surface area contributed by atoms with Gasteiger partial charge in [-0.2, -0.15) is 18.3 Å². The summed E-state index contributed by atoms with van der Waals surface area (Å²) in [5.41, 5.74) is -0.619. The fraction of sp³-hybridized carbons (Fsp3) is 0.107. The van der Waals surface area contributed by atoms with Crippen LogP contribution in [-0.2, 0) is 19.3 Å². The zero-order valence-corrected chi connectivity index (χ0v) is 21.2. The lowest BCUT2D eigenvalue weighted by Crippen LogP contribution is -2.07. The Bertz CT molecular complexity index is 1700. The molecule has 11 heteroatoms. The van der Waals surface area contributed by atoms with Crippen molar-refractivity contribution < 1.29 is 31.1 Å². The number of aromatic nitrogens is 2. The standard InChI is InChI=1S/C28H16Cl2F6N2O/c29-17-8-7-16(24(33)12-17)13-38-27(19-5-2-6-21(26(19)37-38)28(34,35)36)15-3-1-4-18(11-15)39-14-20-22(31)9-10-23(32)25(20)30/h1-12H,13-14H2. The predicted molar refractivity (Wildman–Crippen MR) is 136 cm³/mol. The largest absolute Gasteiger partial charge is 0.489 e. The molecule has 200 valence electrons. The Morgan fingerprint density at radius 1 is 0.821 bits per heavy atom. The molecule has 0 amide bonds. The molecule has 1 heterocycles. The third-order valence-corrected chi connectivity index (χ3v) is 6.68. The summed E-state index contributed by atoms with van der Waals surface area (Å²) in [7, 11) is 0. The van der Waals surface area contributed by atoms with Crippen molar-refractivity contribution in [3.63, 3.8) is 0 Å². The number of benzene rings is 4. The summed E-state index contributed by atoms with van der Waals surface area (Å²) >= 11 is 11.7. The van der Waals surface area contributed by atoms with Gasteiger partial charge in [0.25, 0.3) is 0 Å². The molecule has 0 unspecified atom stereocenters. The Hall–Kier alpha value is -3.69. The van der Waals surface area contributed by atoms with Crippen LogP contribution in [-0.4, -0.2) is 9.78 Å². The summed E-state index contributed by atoms with van der Waals surface area (Å²) in [4.78, 5) is 0. The van der Waals surface area contributed by atoms with Crippen molar-refractivity contribution >= 4 is 34.1 Å². The highest BCUT2D eigenvalue weighted by atomic mass is 35.5. The van der Waals surface area contributed by atoms with E-state index < -0.39 is 40.8 Å². The van der Waals surface area contributed by atoms with Crippen LogP contribution in [0, 0.1) is 17.5 Å². The van der Waals surface area contributed by atoms with Crippen LogP contribution < -0.4 is 4.74 Å². The van der Waals surface area contributed by atoms with Gasteiger partial charge in [0, 0.05) is 27.1 Å². The van der Waals surface area contributed by atoms with Crippen molar-refractivity contribution in [2.75, 3.05) is 0 Å². The highest BCUT2D eigenvalue weighted by Crippen LogP contribution is 2.39. The molecular weight excluding hydrogens is 565 g/mol. The zero-order chi connectivity index (χ0) is 27.9. The topological polar surface area (TPSA) is 27.1 Å². The number of halogens is 8. The number of fused-ring (bicyclic) bond motifs is 1. The molecule has 4 aromatic carbocycles. The third kappa shape index (κ3) is 5.42. The number of nitrogens with zero attached hydrogens (tertiary/aromatic N) is 2. The Kier molecular flexibility index (Phi) is 7.22. The first-order valence-corrected chi connectivity index (χ1v) is 12.1. The van der Waals surface area contributed by atoms with Gasteiger partial charge in [0.2, 0.25) is 0 Å². The number of hydrogen-bond donors (Lipinski definition) is 0. The van der Waals surface area contributed by atoms with Crippen LogP contribution in [0.1, 0.15) is 16.7 Å². The van der Waals surface area contributed by atoms with Crippen LogP contribution in [0.3, 0.4) is 0 Å². The van der Waals surface area contributed by atoms with Gasteiger partial charge >= 0.3 is 6.18 Å². The molecule has 5 aromatic rings. The summed E-state index contributed by atoms with van der Waals surface area (Å²) in [6.45, 7) is -0.598. The molecule has 1 aromatic heterocycles. The van der Waals surface area contributed by atoms with E-state index in [1.54, 1.807) is 12.1 Å². The van der Waals surface area contributed by atoms with Gasteiger partial charge in [-0.1, -0.05) is 53.5 Å². The molecular formula is C28H16Cl2F6N2O. The minimum absolute atomic E-state index is 0.158. The van der Waals surface area contributed by atoms with Gasteiger partial charge in [0.05, 0.1) is 22.8 Å². The Morgan fingerprint density at radius 2 is 1.56 bits per heavy atom. The molecule has 0 atom stereocenters. The highest BCUT2D eigenvalue weighted by molar-refractivity contribution is 6.31. The van der Waals surface area contributed by atoms with E-state index in [1.807, 2.05) is 0 Å². The summed E-state index contributed by atoms with van der Waals surface area (Å²) in [6, 6.07) is 15.7. The molecule has 5 rings (SSSR count). The van der Waals surface area contributed by atoms with Crippen molar-refractivity contribution in [3.05, 3.63) is 117 Å². The summed E-state index contributed by atoms with van der Waals surface area (Å²) in [6.07, 6.45) is -4.68. The third-order valence-electron chi connectivity index (χ3n) is 6.04. The van der Waals surface area contributed by atoms with Gasteiger partial charge in [0.1, 0.15) is 35.3 Å². The first kappa shape index (κ1) is 26.9. The fourth-order valence-electron chi connectivity index (χ4n) is 4.20. The average Bonchev–Trinajstić information content (AvgIpc) is 3.25. The van der Waals surface area contributed by atoms with Crippen molar-refractivity contribution in [1.29, 1.82) is 0 Å². The number of alkyl halides is 3. The fourth-order valence-corrected chi connectivity index (χ4v) is 4.57. The second-order valence-corrected chi connectivity index (χ2v) is 9.39. The maximum atomic E-state index is 14.6. The number of hydrogen-bond acceptors (Lipinski definition) is 2. The van der Waals surface area contributed by atoms with E-state index >= 15 is 0 Å². The smallest absolute Gasteiger partial charge is 0.418 e. The molecule has 0 N–H and O–H groups in total. The van der Waals surface area contributed by atoms with Crippen LogP contribution in [0.2, 0.25) is 10.0 Å². The first-order chi connectivity index (χ1) is 18.5. The second-order valence-electron chi connectivity index (χ2n) is 8.58. The van der Waals surface area contributed by atoms with Gasteiger partial charge in [-0.15, -0.1) is 0 Å². The zero-order valence-electron chi connectivity index (χ0n) is 19.7. The predicted octanol–water partition coefficient (Wildman–Crippen LogP) is 9.07. The van der Waals surface area contributed by atoms with Gasteiger partial charge in [-0.05, 0) is 42.5 Å². The van der Waals surface area contributed by atoms with E-state index in [4.69, 9.17) is 27.9 Å². The Labute approximate surface area is 228 Å². The molecule has 0 radical (unpaired) electrons. The van der Waals surface area contributed by atoms with Crippen LogP contribution >= 0.6 is 23.2 Å². The molecule has 0 saturated heterocycles. The number of ether oxygens (including phenoxy) is 1. The average molecular weight is 581 g/mol. The summed E-state index contributed by atoms with van der Waals surface area (Å²) in [5.74, 6) is -2.00. The Morgan fingerprint density at radius 3 is 2.31 bits per heavy atom. The normalized spacial score (nSPS) is 11.8. The Balaban J connectivity index is 1.60. The van der Waals surface area contributed by atoms with Crippen LogP contribution in [0.4, 0.5) is 26.3 Å². The van der Waals surface area contributed by atoms with E-state index in [-0.39, 0.29) is 45.0 Å². The molecule has 0 spiro atoms. The quantitative estimate of drug-likeness (QED) is 0.148. The lowest BCUT2D eigenvalue weighted by atomic mass is 10.0. The van der Waals surface area contributed by atoms with E-state index in [0.717, 1.165) is 24.3 Å². The lowest BCUT2D eigenvalue weighted by Gasteiger charge is -2.12. The molecule has 0 saturated carbocycles. The van der Waals surface area contributed by atoms with Crippen LogP contribution in [0.15, 0.2) is 72.8 Å². The molecule has 0 aliphatic rings. The summed E-state index contributed by atoms with van der Waals surface area (Å²) in [5, 5.41) is 4.15. The maximum Gasteiger partial charge on any atom is 0.418 e. The lowest BCUT2D eigenvalue weighted by molar-refractivity contribution is -0.136. The molecule has 3 nitrogen and oxygen atoms in total. The molecule has 0 aliphatic carbocycles. The van der Waals surface area contributed by atoms with Gasteiger partial charge < -0.3 is 4.74 Å². The van der Waals surface area contributed by atoms with Crippen molar-refractivity contribution in [2.45, 2.75) is 19.3 Å². The van der Waals surface area contributed by atoms with Crippen molar-refractivity contribution in [2.24, 2.45) is 0 Å². The highest BCUT2D eigenvalue weighted by Gasteiger charge is 2.34. The van der Waals surface area contributed by atoms with E-state index in [0.29, 0.717) is 5.56 Å². The van der Waals surface area contributed by atoms with Gasteiger partial charge in [0.15, 0.2) is 0 Å². The monoisotopic (exact) mass is 580 g/mol. The van der Waals surface area contributed by atoms with E-state index in [2.05, 4.69) is 5.10 Å². The molecule has 0 aliphatic heterocycles. The minimum atomic E-state index is -4.68. The van der Waals surface area contributed by atoms with Crippen molar-refractivity contribution in [3.8, 4) is 17.0 Å². The van der Waals surface area contributed by atoms with Crippen LogP contribution in [0.25, 0.3) is 22.2 Å². The maximum absolute atomic E-state index is 14.6. The molecule has 39 heavy (non-hydrogen) atoms. The minimum Gasteiger partial charge on any atom is -0.489 e. The summed E-state index contributed by atoms with van der Waals surface area (Å²) < 4.78 is 90.9. The van der Waals surface area contributed by atoms with Crippen molar-refractivity contribution in [1.82, 2.24) is 9.78 Å². The molecule has 0 bridgehead atoms. The van der Waals surface area contributed by atoms with Gasteiger partial charge in [-0.25, -0.2) is 13.2 Å². The van der Waals surface area contributed by atoms with E-state index in [9.17, 15) is 26.3 Å².